The second-order valence-electron chi connectivity index (χ2n) is 20.9. The molecule has 4 N–H and O–H groups in total. The molecular formula is C54H63F3N6O9. The van der Waals surface area contributed by atoms with Crippen LogP contribution in [0.5, 0.6) is 5.75 Å². The highest BCUT2D eigenvalue weighted by Gasteiger charge is 2.80. The molecule has 384 valence electrons. The fourth-order valence-corrected chi connectivity index (χ4v) is 14.9. The van der Waals surface area contributed by atoms with E-state index in [9.17, 15) is 32.7 Å². The van der Waals surface area contributed by atoms with Crippen LogP contribution in [0.3, 0.4) is 0 Å². The number of likely N-dealkylation sites (N-methyl/N-ethyl adjacent to an activating group) is 1. The van der Waals surface area contributed by atoms with E-state index in [4.69, 9.17) is 18.9 Å². The number of esters is 3. The molecule has 2 amide bonds. The van der Waals surface area contributed by atoms with Crippen molar-refractivity contribution in [3.05, 3.63) is 101 Å². The predicted octanol–water partition coefficient (Wildman–Crippen LogP) is 6.84. The molecular weight excluding hydrogens is 934 g/mol. The van der Waals surface area contributed by atoms with Gasteiger partial charge in [0.25, 0.3) is 0 Å². The standard InChI is InChI=1S/C54H63F3N6O9/c1-8-49(60-48(67)58-34-17-15-33(16-18-34)54(55,56)57)27-32-28-52(46(65)70-6,42-36(19-23-62(29-32)30-49)35-13-10-11-14-39(35)59-42)38-25-37-40(26-41(38)69-5)61(4)44-51(37)21-24-63-22-12-20-50(9-2,43(51)63)45(72-31(3)64)53(44,68)47(66)71-7/h10-18,20,25-26,32,43-45,59,68H,8-9,19,21-24,27-30H2,1-7H3,(H2,58,60,67)/t32-,43-,44+,45+,49-,50+,51+,52-,53-/m0/s1. The van der Waals surface area contributed by atoms with Crippen LogP contribution in [-0.2, 0) is 52.0 Å². The summed E-state index contributed by atoms with van der Waals surface area (Å²) in [6.45, 7) is 8.05. The van der Waals surface area contributed by atoms with Crippen molar-refractivity contribution in [1.29, 1.82) is 0 Å². The highest BCUT2D eigenvalue weighted by atomic mass is 19.4. The van der Waals surface area contributed by atoms with E-state index in [-0.39, 0.29) is 24.1 Å². The highest BCUT2D eigenvalue weighted by Crippen LogP contribution is 2.68. The number of anilines is 2. The number of H-pyrrole nitrogens is 1. The van der Waals surface area contributed by atoms with Crippen molar-refractivity contribution in [2.24, 2.45) is 11.3 Å². The van der Waals surface area contributed by atoms with Crippen LogP contribution in [0.2, 0.25) is 0 Å². The number of benzene rings is 3. The molecule has 5 aliphatic heterocycles. The topological polar surface area (TPSA) is 175 Å². The Labute approximate surface area is 416 Å². The van der Waals surface area contributed by atoms with E-state index in [0.29, 0.717) is 87.5 Å². The minimum atomic E-state index is -4.53. The number of carbonyl (C=O) groups excluding carboxylic acids is 4. The number of ether oxygens (including phenoxy) is 4. The zero-order valence-electron chi connectivity index (χ0n) is 41.7. The SMILES string of the molecule is CC[C@]1(NC(=O)Nc2ccc(C(F)(F)F)cc2)C[C@@H]2CN(CCc3c([nH]c4ccccc34)[C@@](C(=O)OC)(c3cc4c(cc3OC)N(C)[C@H]3[C@@](O)(C(=O)OC)[C@H](OC(C)=O)[C@]5(CC)C=CCN6CC[C@]43[C@@H]65)C2)C1. The summed E-state index contributed by atoms with van der Waals surface area (Å²) in [6, 6.07) is 14.2. The van der Waals surface area contributed by atoms with E-state index in [0.717, 1.165) is 34.2 Å². The van der Waals surface area contributed by atoms with Crippen molar-refractivity contribution in [2.75, 3.05) is 71.3 Å². The van der Waals surface area contributed by atoms with Crippen molar-refractivity contribution in [2.45, 2.75) is 106 Å². The minimum absolute atomic E-state index is 0.194. The second kappa shape index (κ2) is 17.5. The van der Waals surface area contributed by atoms with Crippen LogP contribution in [0.1, 0.15) is 80.8 Å². The molecule has 6 aliphatic rings. The van der Waals surface area contributed by atoms with Gasteiger partial charge in [-0.2, -0.15) is 13.2 Å². The van der Waals surface area contributed by atoms with Crippen LogP contribution in [0.15, 0.2) is 72.8 Å². The van der Waals surface area contributed by atoms with Crippen molar-refractivity contribution < 1.29 is 56.4 Å². The molecule has 3 fully saturated rings. The predicted molar refractivity (Wildman–Crippen MR) is 262 cm³/mol. The molecule has 3 aromatic carbocycles. The molecule has 2 saturated heterocycles. The maximum absolute atomic E-state index is 15.7. The number of aliphatic hydroxyl groups is 1. The van der Waals surface area contributed by atoms with Gasteiger partial charge < -0.3 is 49.5 Å². The quantitative estimate of drug-likeness (QED) is 0.0783. The van der Waals surface area contributed by atoms with Crippen molar-refractivity contribution in [3.8, 4) is 5.75 Å². The van der Waals surface area contributed by atoms with Gasteiger partial charge >= 0.3 is 30.1 Å². The average Bonchev–Trinajstić information content (AvgIpc) is 4.02. The van der Waals surface area contributed by atoms with E-state index >= 15 is 4.79 Å². The number of aromatic nitrogens is 1. The lowest BCUT2D eigenvalue weighted by atomic mass is 9.47. The first-order valence-electron chi connectivity index (χ1n) is 24.8. The Balaban J connectivity index is 1.16. The number of aromatic amines is 1. The summed E-state index contributed by atoms with van der Waals surface area (Å²) in [7, 11) is 5.97. The number of rotatable bonds is 9. The van der Waals surface area contributed by atoms with Crippen LogP contribution < -0.4 is 20.3 Å². The summed E-state index contributed by atoms with van der Waals surface area (Å²) in [5, 5.41) is 20.4. The second-order valence-corrected chi connectivity index (χ2v) is 20.9. The summed E-state index contributed by atoms with van der Waals surface area (Å²) in [4.78, 5) is 67.6. The Bertz CT molecular complexity index is 2870. The Morgan fingerprint density at radius 3 is 2.32 bits per heavy atom. The third kappa shape index (κ3) is 7.08. The summed E-state index contributed by atoms with van der Waals surface area (Å²) in [5.74, 6) is -2.02. The fraction of sp³-hybridized carbons (Fsp3) is 0.519. The smallest absolute Gasteiger partial charge is 0.416 e. The zero-order chi connectivity index (χ0) is 51.3. The molecule has 72 heavy (non-hydrogen) atoms. The zero-order valence-corrected chi connectivity index (χ0v) is 41.7. The number of nitrogens with zero attached hydrogens (tertiary/aromatic N) is 3. The number of methoxy groups -OCH3 is 3. The number of para-hydroxylation sites is 1. The van der Waals surface area contributed by atoms with Crippen molar-refractivity contribution in [3.63, 3.8) is 0 Å². The van der Waals surface area contributed by atoms with Gasteiger partial charge in [0, 0.05) is 96.6 Å². The first-order chi connectivity index (χ1) is 34.3. The molecule has 6 heterocycles. The maximum Gasteiger partial charge on any atom is 0.416 e. The van der Waals surface area contributed by atoms with Gasteiger partial charge in [-0.3, -0.25) is 14.5 Å². The van der Waals surface area contributed by atoms with Gasteiger partial charge in [-0.05, 0) is 98.5 Å². The molecule has 18 heteroatoms. The number of hydrogen-bond acceptors (Lipinski definition) is 12. The number of hydrogen-bond donors (Lipinski definition) is 4. The molecule has 2 bridgehead atoms. The fourth-order valence-electron chi connectivity index (χ4n) is 14.9. The van der Waals surface area contributed by atoms with E-state index < -0.39 is 75.2 Å². The number of nitrogens with one attached hydrogen (secondary N) is 3. The lowest BCUT2D eigenvalue weighted by molar-refractivity contribution is -0.228. The molecule has 1 unspecified atom stereocenters. The van der Waals surface area contributed by atoms with Gasteiger partial charge in [-0.1, -0.05) is 44.2 Å². The summed E-state index contributed by atoms with van der Waals surface area (Å²) < 4.78 is 64.3. The Morgan fingerprint density at radius 2 is 1.65 bits per heavy atom. The number of alkyl halides is 3. The van der Waals surface area contributed by atoms with Gasteiger partial charge in [0.2, 0.25) is 5.60 Å². The number of amides is 2. The van der Waals surface area contributed by atoms with Crippen LogP contribution in [0.25, 0.3) is 10.9 Å². The molecule has 1 saturated carbocycles. The Hall–Kier alpha value is -6.11. The molecule has 1 spiro atoms. The van der Waals surface area contributed by atoms with Crippen LogP contribution in [-0.4, -0.2) is 134 Å². The van der Waals surface area contributed by atoms with Gasteiger partial charge in [0.05, 0.1) is 38.5 Å². The number of urea groups is 1. The summed E-state index contributed by atoms with van der Waals surface area (Å²) in [6.07, 6.45) is 0.710. The Morgan fingerprint density at radius 1 is 0.917 bits per heavy atom. The van der Waals surface area contributed by atoms with Crippen LogP contribution >= 0.6 is 0 Å². The van der Waals surface area contributed by atoms with E-state index in [2.05, 4.69) is 25.4 Å². The lowest BCUT2D eigenvalue weighted by Crippen LogP contribution is -2.81. The minimum Gasteiger partial charge on any atom is -0.496 e. The molecule has 1 aromatic heterocycles. The molecule has 15 nitrogen and oxygen atoms in total. The largest absolute Gasteiger partial charge is 0.496 e. The molecule has 4 aromatic rings. The Kier molecular flexibility index (Phi) is 12.1. The number of fused-ring (bicyclic) bond motifs is 6. The van der Waals surface area contributed by atoms with E-state index in [1.165, 1.54) is 33.3 Å². The third-order valence-corrected chi connectivity index (χ3v) is 17.5. The summed E-state index contributed by atoms with van der Waals surface area (Å²) >= 11 is 0. The molecule has 1 aliphatic carbocycles. The van der Waals surface area contributed by atoms with Crippen molar-refractivity contribution >= 4 is 46.2 Å². The first kappa shape index (κ1) is 49.5. The first-order valence-corrected chi connectivity index (χ1v) is 24.8. The highest BCUT2D eigenvalue weighted by molar-refractivity contribution is 5.95. The van der Waals surface area contributed by atoms with Gasteiger partial charge in [0.15, 0.2) is 6.10 Å². The molecule has 0 radical (unpaired) electrons. The van der Waals surface area contributed by atoms with Gasteiger partial charge in [-0.25, -0.2) is 9.59 Å². The number of piperidine rings is 1. The lowest BCUT2D eigenvalue weighted by Gasteiger charge is -2.63. The van der Waals surface area contributed by atoms with Crippen molar-refractivity contribution in [1.82, 2.24) is 20.1 Å². The third-order valence-electron chi connectivity index (χ3n) is 17.5. The number of halogens is 3. The van der Waals surface area contributed by atoms with E-state index in [1.807, 2.05) is 74.3 Å². The normalized spacial score (nSPS) is 32.5. The number of carbonyl (C=O) groups is 4. The van der Waals surface area contributed by atoms with Crippen LogP contribution in [0.4, 0.5) is 29.3 Å². The summed E-state index contributed by atoms with van der Waals surface area (Å²) in [5.41, 5.74) is -3.09. The average molecular weight is 997 g/mol. The molecule has 10 rings (SSSR count). The maximum atomic E-state index is 15.7. The molecule has 10 atom stereocenters. The van der Waals surface area contributed by atoms with E-state index in [1.54, 1.807) is 7.11 Å². The van der Waals surface area contributed by atoms with Crippen LogP contribution in [0, 0.1) is 11.3 Å². The van der Waals surface area contributed by atoms with Gasteiger partial charge in [0.1, 0.15) is 11.2 Å². The van der Waals surface area contributed by atoms with Gasteiger partial charge in [-0.15, -0.1) is 0 Å². The monoisotopic (exact) mass is 996 g/mol.